The lowest BCUT2D eigenvalue weighted by atomic mass is 9.98. The smallest absolute Gasteiger partial charge is 0.265 e. The Kier molecular flexibility index (Phi) is 4.71. The molecule has 0 spiro atoms. The van der Waals surface area contributed by atoms with Crippen molar-refractivity contribution in [2.45, 2.75) is 33.1 Å². The van der Waals surface area contributed by atoms with Gasteiger partial charge in [0.2, 0.25) is 0 Å². The number of benzene rings is 1. The summed E-state index contributed by atoms with van der Waals surface area (Å²) >= 11 is 0. The number of hydrogen-bond acceptors (Lipinski definition) is 2. The minimum absolute atomic E-state index is 0.182. The van der Waals surface area contributed by atoms with E-state index in [1.807, 2.05) is 24.3 Å². The summed E-state index contributed by atoms with van der Waals surface area (Å²) in [5.41, 5.74) is 2.19. The van der Waals surface area contributed by atoms with Crippen LogP contribution < -0.4 is 0 Å². The molecule has 0 saturated heterocycles. The van der Waals surface area contributed by atoms with Gasteiger partial charge in [-0.25, -0.2) is 0 Å². The van der Waals surface area contributed by atoms with Gasteiger partial charge in [0, 0.05) is 0 Å². The number of rotatable bonds is 5. The van der Waals surface area contributed by atoms with Gasteiger partial charge in [-0.15, -0.1) is 0 Å². The van der Waals surface area contributed by atoms with Crippen molar-refractivity contribution < 1.29 is 13.0 Å². The van der Waals surface area contributed by atoms with E-state index in [0.717, 1.165) is 12.0 Å². The molecule has 0 radical (unpaired) electrons. The van der Waals surface area contributed by atoms with E-state index in [1.165, 1.54) is 5.56 Å². The molecule has 0 aliphatic rings. The van der Waals surface area contributed by atoms with E-state index in [1.54, 1.807) is 6.92 Å². The summed E-state index contributed by atoms with van der Waals surface area (Å²) in [7, 11) is -3.90. The van der Waals surface area contributed by atoms with Gasteiger partial charge < -0.3 is 0 Å². The van der Waals surface area contributed by atoms with Crippen LogP contribution in [0.15, 0.2) is 24.3 Å². The first-order valence-corrected chi connectivity index (χ1v) is 7.43. The van der Waals surface area contributed by atoms with Crippen LogP contribution in [0.1, 0.15) is 37.8 Å². The van der Waals surface area contributed by atoms with Crippen molar-refractivity contribution >= 4 is 10.1 Å². The summed E-state index contributed by atoms with van der Waals surface area (Å²) in [5.74, 6) is 0.200. The predicted molar refractivity (Wildman–Crippen MR) is 69.8 cm³/mol. The first-order chi connectivity index (χ1) is 7.78. The van der Waals surface area contributed by atoms with Crippen molar-refractivity contribution in [1.82, 2.24) is 0 Å². The van der Waals surface area contributed by atoms with Crippen LogP contribution in [-0.4, -0.2) is 18.7 Å². The molecule has 1 aromatic rings. The molecule has 1 N–H and O–H groups in total. The van der Waals surface area contributed by atoms with E-state index >= 15 is 0 Å². The maximum atomic E-state index is 10.8. The molecule has 0 fully saturated rings. The Morgan fingerprint density at radius 3 is 2.06 bits per heavy atom. The highest BCUT2D eigenvalue weighted by molar-refractivity contribution is 7.85. The van der Waals surface area contributed by atoms with Gasteiger partial charge in [0.25, 0.3) is 10.1 Å². The molecular weight excluding hydrogens is 236 g/mol. The Labute approximate surface area is 104 Å². The highest BCUT2D eigenvalue weighted by Gasteiger charge is 2.14. The second kappa shape index (κ2) is 5.65. The van der Waals surface area contributed by atoms with Gasteiger partial charge in [0.15, 0.2) is 0 Å². The standard InChI is InChI=1S/C13H20O3S/c1-10(2)8-12-4-6-13(7-5-12)11(3)9-17(14,15)16/h4-7,10-11H,8-9H2,1-3H3,(H,14,15,16). The molecule has 4 heteroatoms. The van der Waals surface area contributed by atoms with Crippen LogP contribution in [0.2, 0.25) is 0 Å². The Bertz CT molecular complexity index is 446. The molecule has 1 unspecified atom stereocenters. The third-order valence-corrected chi connectivity index (χ3v) is 3.57. The molecule has 0 amide bonds. The Hall–Kier alpha value is -0.870. The largest absolute Gasteiger partial charge is 0.286 e. The molecule has 3 nitrogen and oxygen atoms in total. The van der Waals surface area contributed by atoms with Gasteiger partial charge in [-0.2, -0.15) is 8.42 Å². The van der Waals surface area contributed by atoms with Gasteiger partial charge >= 0.3 is 0 Å². The molecule has 0 aliphatic carbocycles. The van der Waals surface area contributed by atoms with Crippen molar-refractivity contribution in [3.05, 3.63) is 35.4 Å². The number of hydrogen-bond donors (Lipinski definition) is 1. The van der Waals surface area contributed by atoms with Gasteiger partial charge in [-0.1, -0.05) is 45.0 Å². The molecule has 1 atom stereocenters. The molecule has 0 aliphatic heterocycles. The zero-order chi connectivity index (χ0) is 13.1. The van der Waals surface area contributed by atoms with Crippen LogP contribution in [0, 0.1) is 5.92 Å². The van der Waals surface area contributed by atoms with Crippen molar-refractivity contribution in [3.8, 4) is 0 Å². The molecule has 96 valence electrons. The summed E-state index contributed by atoms with van der Waals surface area (Å²) in [6.07, 6.45) is 1.02. The maximum Gasteiger partial charge on any atom is 0.265 e. The second-order valence-corrected chi connectivity index (χ2v) is 6.49. The summed E-state index contributed by atoms with van der Waals surface area (Å²) < 4.78 is 30.4. The van der Waals surface area contributed by atoms with Crippen LogP contribution in [0.4, 0.5) is 0 Å². The normalized spacial score (nSPS) is 13.9. The minimum atomic E-state index is -3.90. The van der Waals surface area contributed by atoms with Gasteiger partial charge in [0.1, 0.15) is 0 Å². The predicted octanol–water partition coefficient (Wildman–Crippen LogP) is 2.88. The fourth-order valence-electron chi connectivity index (χ4n) is 1.87. The molecule has 0 bridgehead atoms. The van der Waals surface area contributed by atoms with Crippen molar-refractivity contribution in [2.75, 3.05) is 5.75 Å². The van der Waals surface area contributed by atoms with E-state index in [2.05, 4.69) is 13.8 Å². The summed E-state index contributed by atoms with van der Waals surface area (Å²) in [6.45, 7) is 6.12. The lowest BCUT2D eigenvalue weighted by Crippen LogP contribution is -2.11. The monoisotopic (exact) mass is 256 g/mol. The van der Waals surface area contributed by atoms with Crippen LogP contribution in [0.5, 0.6) is 0 Å². The molecular formula is C13H20O3S. The molecule has 0 aromatic heterocycles. The summed E-state index contributed by atoms with van der Waals surface area (Å²) in [6, 6.07) is 7.92. The lowest BCUT2D eigenvalue weighted by Gasteiger charge is -2.11. The zero-order valence-corrected chi connectivity index (χ0v) is 11.4. The highest BCUT2D eigenvalue weighted by Crippen LogP contribution is 2.18. The lowest BCUT2D eigenvalue weighted by molar-refractivity contribution is 0.479. The van der Waals surface area contributed by atoms with Crippen LogP contribution in [0.3, 0.4) is 0 Å². The van der Waals surface area contributed by atoms with Gasteiger partial charge in [-0.05, 0) is 29.4 Å². The minimum Gasteiger partial charge on any atom is -0.286 e. The van der Waals surface area contributed by atoms with Gasteiger partial charge in [-0.3, -0.25) is 4.55 Å². The summed E-state index contributed by atoms with van der Waals surface area (Å²) in [4.78, 5) is 0. The zero-order valence-electron chi connectivity index (χ0n) is 10.6. The molecule has 1 rings (SSSR count). The molecule has 17 heavy (non-hydrogen) atoms. The van der Waals surface area contributed by atoms with Crippen LogP contribution >= 0.6 is 0 Å². The van der Waals surface area contributed by atoms with Crippen LogP contribution in [0.25, 0.3) is 0 Å². The second-order valence-electron chi connectivity index (χ2n) is 4.99. The third kappa shape index (κ3) is 5.33. The maximum absolute atomic E-state index is 10.8. The SMILES string of the molecule is CC(C)Cc1ccc(C(C)CS(=O)(=O)O)cc1. The first-order valence-electron chi connectivity index (χ1n) is 5.82. The first kappa shape index (κ1) is 14.2. The Morgan fingerprint density at radius 1 is 1.12 bits per heavy atom. The molecule has 1 aromatic carbocycles. The Balaban J connectivity index is 2.73. The Morgan fingerprint density at radius 2 is 1.65 bits per heavy atom. The third-order valence-electron chi connectivity index (χ3n) is 2.65. The van der Waals surface area contributed by atoms with E-state index in [-0.39, 0.29) is 11.7 Å². The average molecular weight is 256 g/mol. The van der Waals surface area contributed by atoms with Crippen LogP contribution in [-0.2, 0) is 16.5 Å². The van der Waals surface area contributed by atoms with E-state index in [4.69, 9.17) is 4.55 Å². The molecule has 0 heterocycles. The van der Waals surface area contributed by atoms with E-state index in [0.29, 0.717) is 5.92 Å². The summed E-state index contributed by atoms with van der Waals surface area (Å²) in [5, 5.41) is 0. The van der Waals surface area contributed by atoms with Crippen molar-refractivity contribution in [3.63, 3.8) is 0 Å². The van der Waals surface area contributed by atoms with Gasteiger partial charge in [0.05, 0.1) is 5.75 Å². The topological polar surface area (TPSA) is 54.4 Å². The van der Waals surface area contributed by atoms with Crippen molar-refractivity contribution in [1.29, 1.82) is 0 Å². The fourth-order valence-corrected chi connectivity index (χ4v) is 2.69. The quantitative estimate of drug-likeness (QED) is 0.824. The van der Waals surface area contributed by atoms with E-state index in [9.17, 15) is 8.42 Å². The molecule has 0 saturated carbocycles. The fraction of sp³-hybridized carbons (Fsp3) is 0.538. The average Bonchev–Trinajstić information content (AvgIpc) is 2.15. The van der Waals surface area contributed by atoms with Crippen molar-refractivity contribution in [2.24, 2.45) is 5.92 Å². The highest BCUT2D eigenvalue weighted by atomic mass is 32.2. The van der Waals surface area contributed by atoms with E-state index < -0.39 is 10.1 Å².